The molecule has 0 rings (SSSR count). The lowest BCUT2D eigenvalue weighted by Gasteiger charge is -2.18. The Morgan fingerprint density at radius 1 is 1.08 bits per heavy atom. The Bertz CT molecular complexity index is 87.0. The molecule has 0 unspecified atom stereocenters. The molecule has 0 aliphatic heterocycles. The summed E-state index contributed by atoms with van der Waals surface area (Å²) in [6.07, 6.45) is 4.10. The van der Waals surface area contributed by atoms with Gasteiger partial charge in [-0.15, -0.1) is 0 Å². The lowest BCUT2D eigenvalue weighted by Crippen LogP contribution is -2.24. The van der Waals surface area contributed by atoms with Gasteiger partial charge < -0.3 is 4.90 Å². The van der Waals surface area contributed by atoms with Crippen LogP contribution >= 0.6 is 0 Å². The van der Waals surface area contributed by atoms with Gasteiger partial charge in [-0.25, -0.2) is 0 Å². The summed E-state index contributed by atoms with van der Waals surface area (Å²) >= 11 is 0. The molecule has 1 atom stereocenters. The second-order valence-corrected chi connectivity index (χ2v) is 3.68. The van der Waals surface area contributed by atoms with E-state index >= 15 is 0 Å². The maximum atomic E-state index is 2.50. The monoisotopic (exact) mass is 171 g/mol. The Morgan fingerprint density at radius 2 is 1.67 bits per heavy atom. The van der Waals surface area contributed by atoms with Crippen LogP contribution in [0.25, 0.3) is 0 Å². The third-order valence-corrected chi connectivity index (χ3v) is 2.76. The van der Waals surface area contributed by atoms with E-state index in [0.29, 0.717) is 0 Å². The molecular formula is C11H25N. The van der Waals surface area contributed by atoms with E-state index < -0.39 is 0 Å². The molecule has 0 bridgehead atoms. The van der Waals surface area contributed by atoms with Crippen molar-refractivity contribution in [2.24, 2.45) is 5.92 Å². The highest BCUT2D eigenvalue weighted by Gasteiger charge is 2.01. The van der Waals surface area contributed by atoms with Crippen molar-refractivity contribution < 1.29 is 0 Å². The van der Waals surface area contributed by atoms with Gasteiger partial charge in [-0.3, -0.25) is 0 Å². The molecule has 0 aromatic carbocycles. The number of rotatable bonds is 7. The fourth-order valence-corrected chi connectivity index (χ4v) is 1.41. The van der Waals surface area contributed by atoms with Crippen LogP contribution in [0, 0.1) is 5.92 Å². The standard InChI is InChI=1S/C11H25N/c1-5-11(4)9-8-10-12(6-2)7-3/h11H,5-10H2,1-4H3/t11-/m0/s1. The first kappa shape index (κ1) is 12.0. The quantitative estimate of drug-likeness (QED) is 0.569. The van der Waals surface area contributed by atoms with Crippen LogP contribution in [0.2, 0.25) is 0 Å². The fraction of sp³-hybridized carbons (Fsp3) is 1.00. The first-order valence-electron chi connectivity index (χ1n) is 5.46. The van der Waals surface area contributed by atoms with Crippen molar-refractivity contribution in [1.82, 2.24) is 4.90 Å². The van der Waals surface area contributed by atoms with Gasteiger partial charge in [0, 0.05) is 0 Å². The van der Waals surface area contributed by atoms with Crippen molar-refractivity contribution in [3.63, 3.8) is 0 Å². The average Bonchev–Trinajstić information content (AvgIpc) is 2.12. The van der Waals surface area contributed by atoms with Gasteiger partial charge in [0.25, 0.3) is 0 Å². The highest BCUT2D eigenvalue weighted by Crippen LogP contribution is 2.09. The Balaban J connectivity index is 3.28. The number of hydrogen-bond donors (Lipinski definition) is 0. The minimum atomic E-state index is 0.917. The van der Waals surface area contributed by atoms with E-state index in [9.17, 15) is 0 Å². The first-order valence-corrected chi connectivity index (χ1v) is 5.46. The Morgan fingerprint density at radius 3 is 2.08 bits per heavy atom. The highest BCUT2D eigenvalue weighted by atomic mass is 15.1. The van der Waals surface area contributed by atoms with Gasteiger partial charge in [-0.1, -0.05) is 34.1 Å². The molecule has 1 heteroatoms. The minimum absolute atomic E-state index is 0.917. The van der Waals surface area contributed by atoms with E-state index in [1.165, 1.54) is 38.9 Å². The van der Waals surface area contributed by atoms with Gasteiger partial charge >= 0.3 is 0 Å². The van der Waals surface area contributed by atoms with Crippen LogP contribution in [-0.4, -0.2) is 24.5 Å². The summed E-state index contributed by atoms with van der Waals surface area (Å²) in [7, 11) is 0. The molecule has 0 aromatic heterocycles. The van der Waals surface area contributed by atoms with Crippen molar-refractivity contribution in [2.75, 3.05) is 19.6 Å². The highest BCUT2D eigenvalue weighted by molar-refractivity contribution is 4.55. The van der Waals surface area contributed by atoms with Gasteiger partial charge in [-0.05, 0) is 38.4 Å². The second-order valence-electron chi connectivity index (χ2n) is 3.68. The molecule has 12 heavy (non-hydrogen) atoms. The third-order valence-electron chi connectivity index (χ3n) is 2.76. The first-order chi connectivity index (χ1) is 5.74. The van der Waals surface area contributed by atoms with Gasteiger partial charge in [0.2, 0.25) is 0 Å². The molecule has 0 aliphatic rings. The molecule has 0 heterocycles. The summed E-state index contributed by atoms with van der Waals surface area (Å²) in [5.74, 6) is 0.917. The molecule has 0 aromatic rings. The topological polar surface area (TPSA) is 3.24 Å². The average molecular weight is 171 g/mol. The van der Waals surface area contributed by atoms with Crippen LogP contribution < -0.4 is 0 Å². The van der Waals surface area contributed by atoms with Crippen molar-refractivity contribution in [1.29, 1.82) is 0 Å². The smallest absolute Gasteiger partial charge is 0.00189 e. The lowest BCUT2D eigenvalue weighted by atomic mass is 10.0. The Labute approximate surface area is 78.1 Å². The zero-order valence-corrected chi connectivity index (χ0v) is 9.27. The van der Waals surface area contributed by atoms with Crippen molar-refractivity contribution >= 4 is 0 Å². The maximum Gasteiger partial charge on any atom is -0.00189 e. The third kappa shape index (κ3) is 5.59. The van der Waals surface area contributed by atoms with Crippen molar-refractivity contribution in [3.05, 3.63) is 0 Å². The summed E-state index contributed by atoms with van der Waals surface area (Å²) in [6.45, 7) is 12.8. The lowest BCUT2D eigenvalue weighted by molar-refractivity contribution is 0.287. The summed E-state index contributed by atoms with van der Waals surface area (Å²) in [6, 6.07) is 0. The molecular weight excluding hydrogens is 146 g/mol. The normalized spacial score (nSPS) is 13.8. The summed E-state index contributed by atoms with van der Waals surface area (Å²) < 4.78 is 0. The molecule has 0 amide bonds. The molecule has 0 aliphatic carbocycles. The molecule has 0 fully saturated rings. The zero-order valence-electron chi connectivity index (χ0n) is 9.27. The minimum Gasteiger partial charge on any atom is -0.304 e. The largest absolute Gasteiger partial charge is 0.304 e. The van der Waals surface area contributed by atoms with Crippen LogP contribution in [0.1, 0.15) is 47.0 Å². The van der Waals surface area contributed by atoms with Gasteiger partial charge in [0.1, 0.15) is 0 Å². The van der Waals surface area contributed by atoms with Crippen molar-refractivity contribution in [3.8, 4) is 0 Å². The number of nitrogens with zero attached hydrogens (tertiary/aromatic N) is 1. The van der Waals surface area contributed by atoms with Gasteiger partial charge in [0.05, 0.1) is 0 Å². The van der Waals surface area contributed by atoms with Crippen LogP contribution in [0.15, 0.2) is 0 Å². The fourth-order valence-electron chi connectivity index (χ4n) is 1.41. The van der Waals surface area contributed by atoms with E-state index in [1.807, 2.05) is 0 Å². The summed E-state index contributed by atoms with van der Waals surface area (Å²) in [5.41, 5.74) is 0. The zero-order chi connectivity index (χ0) is 9.40. The van der Waals surface area contributed by atoms with Crippen LogP contribution in [0.5, 0.6) is 0 Å². The SMILES string of the molecule is CC[C@H](C)CCCN(CC)CC. The molecule has 1 nitrogen and oxygen atoms in total. The predicted octanol–water partition coefficient (Wildman–Crippen LogP) is 3.15. The maximum absolute atomic E-state index is 2.50. The Hall–Kier alpha value is -0.0400. The van der Waals surface area contributed by atoms with E-state index in [1.54, 1.807) is 0 Å². The van der Waals surface area contributed by atoms with E-state index in [-0.39, 0.29) is 0 Å². The van der Waals surface area contributed by atoms with Crippen molar-refractivity contribution in [2.45, 2.75) is 47.0 Å². The number of hydrogen-bond acceptors (Lipinski definition) is 1. The summed E-state index contributed by atoms with van der Waals surface area (Å²) in [5, 5.41) is 0. The predicted molar refractivity (Wildman–Crippen MR) is 56.5 cm³/mol. The van der Waals surface area contributed by atoms with Crippen LogP contribution in [0.3, 0.4) is 0 Å². The van der Waals surface area contributed by atoms with Crippen LogP contribution in [0.4, 0.5) is 0 Å². The Kier molecular flexibility index (Phi) is 7.58. The van der Waals surface area contributed by atoms with E-state index in [0.717, 1.165) is 5.92 Å². The van der Waals surface area contributed by atoms with Crippen LogP contribution in [-0.2, 0) is 0 Å². The molecule has 0 spiro atoms. The van der Waals surface area contributed by atoms with Gasteiger partial charge in [-0.2, -0.15) is 0 Å². The van der Waals surface area contributed by atoms with E-state index in [4.69, 9.17) is 0 Å². The summed E-state index contributed by atoms with van der Waals surface area (Å²) in [4.78, 5) is 2.50. The molecule has 0 N–H and O–H groups in total. The van der Waals surface area contributed by atoms with E-state index in [2.05, 4.69) is 32.6 Å². The second kappa shape index (κ2) is 7.60. The van der Waals surface area contributed by atoms with Gasteiger partial charge in [0.15, 0.2) is 0 Å². The molecule has 0 saturated heterocycles. The molecule has 0 radical (unpaired) electrons. The molecule has 0 saturated carbocycles. The molecule has 74 valence electrons.